The predicted octanol–water partition coefficient (Wildman–Crippen LogP) is 4.32. The Balaban J connectivity index is 0.00000200. The second-order valence-electron chi connectivity index (χ2n) is 5.28. The molecule has 1 aromatic rings. The first-order chi connectivity index (χ1) is 9.13. The summed E-state index contributed by atoms with van der Waals surface area (Å²) in [5.41, 5.74) is 0.929. The second-order valence-corrected chi connectivity index (χ2v) is 5.69. The minimum absolute atomic E-state index is 0. The number of benzene rings is 1. The maximum Gasteiger partial charge on any atom is 0.123 e. The summed E-state index contributed by atoms with van der Waals surface area (Å²) in [6.07, 6.45) is 1.06. The van der Waals surface area contributed by atoms with Crippen molar-refractivity contribution in [3.8, 4) is 0 Å². The van der Waals surface area contributed by atoms with E-state index >= 15 is 0 Å². The Kier molecular flexibility index (Phi) is 9.83. The molecular weight excluding hydrogens is 334 g/mol. The quantitative estimate of drug-likeness (QED) is 0.863. The highest BCUT2D eigenvalue weighted by Crippen LogP contribution is 2.35. The number of hydrogen-bond donors (Lipinski definition) is 1. The number of halogens is 4. The Morgan fingerprint density at radius 1 is 1.29 bits per heavy atom. The predicted molar refractivity (Wildman–Crippen MR) is 92.5 cm³/mol. The summed E-state index contributed by atoms with van der Waals surface area (Å²) in [5.74, 6) is 0.250. The minimum Gasteiger partial charge on any atom is -0.314 e. The first-order valence-electron chi connectivity index (χ1n) is 7.03. The van der Waals surface area contributed by atoms with E-state index in [-0.39, 0.29) is 36.7 Å². The van der Waals surface area contributed by atoms with Gasteiger partial charge in [-0.3, -0.25) is 4.90 Å². The number of hydrogen-bond acceptors (Lipinski definition) is 2. The Hall–Kier alpha value is -0.0600. The highest BCUT2D eigenvalue weighted by atomic mass is 35.5. The molecule has 0 radical (unpaired) electrons. The molecule has 0 saturated carbocycles. The topological polar surface area (TPSA) is 15.3 Å². The summed E-state index contributed by atoms with van der Waals surface area (Å²) in [5, 5.41) is 4.03. The molecule has 6 heteroatoms. The van der Waals surface area contributed by atoms with Gasteiger partial charge in [0.25, 0.3) is 0 Å². The zero-order valence-electron chi connectivity index (χ0n) is 12.4. The van der Waals surface area contributed by atoms with Crippen LogP contribution in [0, 0.1) is 11.7 Å². The van der Waals surface area contributed by atoms with Gasteiger partial charge >= 0.3 is 0 Å². The molecule has 1 aliphatic heterocycles. The van der Waals surface area contributed by atoms with E-state index in [2.05, 4.69) is 24.1 Å². The van der Waals surface area contributed by atoms with Gasteiger partial charge in [0.15, 0.2) is 0 Å². The molecule has 0 spiro atoms. The van der Waals surface area contributed by atoms with Crippen LogP contribution in [0.2, 0.25) is 5.02 Å². The van der Waals surface area contributed by atoms with Crippen molar-refractivity contribution in [2.75, 3.05) is 26.2 Å². The lowest BCUT2D eigenvalue weighted by molar-refractivity contribution is 0.128. The maximum absolute atomic E-state index is 13.6. The van der Waals surface area contributed by atoms with Crippen LogP contribution in [-0.2, 0) is 0 Å². The van der Waals surface area contributed by atoms with E-state index in [1.165, 1.54) is 6.07 Å². The lowest BCUT2D eigenvalue weighted by Crippen LogP contribution is -2.46. The number of nitrogens with zero attached hydrogens (tertiary/aromatic N) is 1. The Morgan fingerprint density at radius 3 is 2.48 bits per heavy atom. The van der Waals surface area contributed by atoms with Crippen LogP contribution in [-0.4, -0.2) is 31.1 Å². The smallest absolute Gasteiger partial charge is 0.123 e. The molecule has 1 unspecified atom stereocenters. The van der Waals surface area contributed by atoms with Crippen molar-refractivity contribution in [2.45, 2.75) is 26.3 Å². The third-order valence-corrected chi connectivity index (χ3v) is 4.35. The van der Waals surface area contributed by atoms with Gasteiger partial charge in [-0.1, -0.05) is 31.9 Å². The van der Waals surface area contributed by atoms with Gasteiger partial charge in [-0.25, -0.2) is 4.39 Å². The van der Waals surface area contributed by atoms with Gasteiger partial charge in [0.1, 0.15) is 5.82 Å². The van der Waals surface area contributed by atoms with Crippen molar-refractivity contribution in [2.24, 2.45) is 5.92 Å². The van der Waals surface area contributed by atoms with E-state index in [0.717, 1.165) is 38.2 Å². The highest BCUT2D eigenvalue weighted by Gasteiger charge is 2.28. The lowest BCUT2D eigenvalue weighted by atomic mass is 9.90. The average Bonchev–Trinajstić information content (AvgIpc) is 2.44. The number of rotatable bonds is 4. The van der Waals surface area contributed by atoms with Crippen LogP contribution < -0.4 is 5.32 Å². The van der Waals surface area contributed by atoms with Gasteiger partial charge < -0.3 is 5.32 Å². The van der Waals surface area contributed by atoms with Crippen molar-refractivity contribution in [3.05, 3.63) is 34.6 Å². The number of piperazine rings is 1. The molecule has 2 atom stereocenters. The summed E-state index contributed by atoms with van der Waals surface area (Å²) in [4.78, 5) is 2.42. The molecule has 1 N–H and O–H groups in total. The summed E-state index contributed by atoms with van der Waals surface area (Å²) >= 11 is 6.30. The van der Waals surface area contributed by atoms with Crippen LogP contribution in [0.15, 0.2) is 18.2 Å². The molecule has 0 bridgehead atoms. The molecule has 1 saturated heterocycles. The standard InChI is InChI=1S/C15H22ClFN2.2ClH/c1-3-11(2)15(19-8-6-18-7-9-19)13-10-12(17)4-5-14(13)16;;/h4-5,10-11,15,18H,3,6-9H2,1-2H3;2*1H/t11?,15-;;/m0../s1. The van der Waals surface area contributed by atoms with Crippen LogP contribution in [0.3, 0.4) is 0 Å². The number of nitrogens with one attached hydrogen (secondary N) is 1. The van der Waals surface area contributed by atoms with Crippen LogP contribution in [0.25, 0.3) is 0 Å². The van der Waals surface area contributed by atoms with Crippen molar-refractivity contribution >= 4 is 36.4 Å². The minimum atomic E-state index is -0.206. The largest absolute Gasteiger partial charge is 0.314 e. The van der Waals surface area contributed by atoms with Gasteiger partial charge in [-0.05, 0) is 29.7 Å². The van der Waals surface area contributed by atoms with Crippen LogP contribution in [0.1, 0.15) is 31.9 Å². The van der Waals surface area contributed by atoms with Crippen molar-refractivity contribution in [3.63, 3.8) is 0 Å². The lowest BCUT2D eigenvalue weighted by Gasteiger charge is -2.38. The van der Waals surface area contributed by atoms with Gasteiger partial charge in [0.2, 0.25) is 0 Å². The van der Waals surface area contributed by atoms with Crippen LogP contribution in [0.5, 0.6) is 0 Å². The maximum atomic E-state index is 13.6. The van der Waals surface area contributed by atoms with Gasteiger partial charge in [0, 0.05) is 37.2 Å². The molecule has 0 aromatic heterocycles. The van der Waals surface area contributed by atoms with E-state index in [9.17, 15) is 4.39 Å². The first kappa shape index (κ1) is 20.9. The van der Waals surface area contributed by atoms with Crippen LogP contribution >= 0.6 is 36.4 Å². The molecule has 2 nitrogen and oxygen atoms in total. The molecule has 1 aliphatic rings. The molecule has 2 rings (SSSR count). The first-order valence-corrected chi connectivity index (χ1v) is 7.41. The third kappa shape index (κ3) is 5.26. The Labute approximate surface area is 144 Å². The zero-order chi connectivity index (χ0) is 13.8. The summed E-state index contributed by atoms with van der Waals surface area (Å²) in [6, 6.07) is 4.90. The van der Waals surface area contributed by atoms with E-state index < -0.39 is 0 Å². The van der Waals surface area contributed by atoms with Gasteiger partial charge in [0.05, 0.1) is 0 Å². The fourth-order valence-corrected chi connectivity index (χ4v) is 3.02. The molecule has 0 aliphatic carbocycles. The van der Waals surface area contributed by atoms with Crippen LogP contribution in [0.4, 0.5) is 4.39 Å². The van der Waals surface area contributed by atoms with Crippen molar-refractivity contribution in [1.29, 1.82) is 0 Å². The molecule has 1 heterocycles. The molecular formula is C15H24Cl3FN2. The molecule has 1 aromatic carbocycles. The van der Waals surface area contributed by atoms with E-state index in [0.29, 0.717) is 10.9 Å². The molecule has 1 fully saturated rings. The van der Waals surface area contributed by atoms with Crippen molar-refractivity contribution < 1.29 is 4.39 Å². The highest BCUT2D eigenvalue weighted by molar-refractivity contribution is 6.31. The zero-order valence-corrected chi connectivity index (χ0v) is 14.8. The normalized spacial score (nSPS) is 18.3. The monoisotopic (exact) mass is 356 g/mol. The molecule has 0 amide bonds. The summed E-state index contributed by atoms with van der Waals surface area (Å²) in [7, 11) is 0. The van der Waals surface area contributed by atoms with E-state index in [1.807, 2.05) is 0 Å². The Morgan fingerprint density at radius 2 is 1.90 bits per heavy atom. The molecule has 21 heavy (non-hydrogen) atoms. The Bertz CT molecular complexity index is 425. The second kappa shape index (κ2) is 9.86. The fraction of sp³-hybridized carbons (Fsp3) is 0.600. The SMILES string of the molecule is CCC(C)[C@@H](c1cc(F)ccc1Cl)N1CCNCC1.Cl.Cl. The van der Waals surface area contributed by atoms with E-state index in [1.54, 1.807) is 12.1 Å². The third-order valence-electron chi connectivity index (χ3n) is 4.00. The summed E-state index contributed by atoms with van der Waals surface area (Å²) in [6.45, 7) is 8.34. The molecule has 122 valence electrons. The summed E-state index contributed by atoms with van der Waals surface area (Å²) < 4.78 is 13.6. The van der Waals surface area contributed by atoms with E-state index in [4.69, 9.17) is 11.6 Å². The van der Waals surface area contributed by atoms with Gasteiger partial charge in [-0.2, -0.15) is 0 Å². The average molecular weight is 358 g/mol. The fourth-order valence-electron chi connectivity index (χ4n) is 2.79. The van der Waals surface area contributed by atoms with Crippen molar-refractivity contribution in [1.82, 2.24) is 10.2 Å². The van der Waals surface area contributed by atoms with Gasteiger partial charge in [-0.15, -0.1) is 24.8 Å².